The van der Waals surface area contributed by atoms with E-state index < -0.39 is 6.10 Å². The molecule has 0 amide bonds. The second-order valence-corrected chi connectivity index (χ2v) is 18.8. The number of ether oxygens (including phenoxy) is 3. The molecule has 0 aromatic carbocycles. The van der Waals surface area contributed by atoms with Crippen LogP contribution in [0.15, 0.2) is 48.6 Å². The van der Waals surface area contributed by atoms with Crippen LogP contribution in [0.2, 0.25) is 0 Å². The van der Waals surface area contributed by atoms with Gasteiger partial charge in [0.1, 0.15) is 6.61 Å². The first-order valence-electron chi connectivity index (χ1n) is 28.2. The minimum Gasteiger partial charge on any atom is -0.462 e. The van der Waals surface area contributed by atoms with E-state index in [0.29, 0.717) is 19.4 Å². The third-order valence-corrected chi connectivity index (χ3v) is 12.3. The third-order valence-electron chi connectivity index (χ3n) is 12.3. The van der Waals surface area contributed by atoms with Crippen molar-refractivity contribution in [3.63, 3.8) is 0 Å². The molecule has 0 aliphatic carbocycles. The van der Waals surface area contributed by atoms with Gasteiger partial charge in [-0.15, -0.1) is 0 Å². The zero-order chi connectivity index (χ0) is 46.3. The molecule has 0 heterocycles. The fraction of sp³-hybridized carbons (Fsp3) is 0.831. The maximum Gasteiger partial charge on any atom is 0.306 e. The summed E-state index contributed by atoms with van der Waals surface area (Å²) in [4.78, 5) is 25.5. The lowest BCUT2D eigenvalue weighted by atomic mass is 10.0. The summed E-state index contributed by atoms with van der Waals surface area (Å²) < 4.78 is 17.4. The number of carbonyl (C=O) groups is 2. The number of rotatable bonds is 52. The Balaban J connectivity index is 4.21. The number of hydrogen-bond acceptors (Lipinski definition) is 5. The third kappa shape index (κ3) is 52.5. The summed E-state index contributed by atoms with van der Waals surface area (Å²) in [5.74, 6) is -0.397. The molecule has 5 nitrogen and oxygen atoms in total. The SMILES string of the molecule is CC/C=C\C/C=C\C/C=C\CCCCCCCCCC(=O)OC(COCCCCCCCC/C=C\CCCC)COC(=O)CCCCCCCCCCCCCCCCCCCCC. The molecule has 0 saturated heterocycles. The van der Waals surface area contributed by atoms with Crippen LogP contribution in [0.5, 0.6) is 0 Å². The molecule has 0 rings (SSSR count). The maximum absolute atomic E-state index is 12.8. The van der Waals surface area contributed by atoms with E-state index in [2.05, 4.69) is 69.4 Å². The Bertz CT molecular complexity index is 1060. The Hall–Kier alpha value is -2.14. The van der Waals surface area contributed by atoms with Gasteiger partial charge in [0.25, 0.3) is 0 Å². The summed E-state index contributed by atoms with van der Waals surface area (Å²) in [6.07, 6.45) is 68.4. The van der Waals surface area contributed by atoms with Gasteiger partial charge in [-0.25, -0.2) is 0 Å². The molecule has 1 unspecified atom stereocenters. The molecule has 0 aliphatic rings. The molecule has 0 aromatic rings. The standard InChI is InChI=1S/C59H108O5/c1-4-7-10-13-16-19-22-25-27-29-30-32-33-35-37-40-43-46-49-52-58(60)63-56-57(55-62-54-51-48-45-42-39-24-21-18-15-12-9-6-3)64-59(61)53-50-47-44-41-38-36-34-31-28-26-23-20-17-14-11-8-5-2/h8,11,15,17-18,20,26,28,57H,4-7,9-10,12-14,16,19,21-25,27,29-56H2,1-3H3/b11-8-,18-15-,20-17-,28-26-. The predicted molar refractivity (Wildman–Crippen MR) is 279 cm³/mol. The summed E-state index contributed by atoms with van der Waals surface area (Å²) in [7, 11) is 0. The fourth-order valence-corrected chi connectivity index (χ4v) is 8.15. The average molecular weight is 898 g/mol. The highest BCUT2D eigenvalue weighted by molar-refractivity contribution is 5.70. The van der Waals surface area contributed by atoms with E-state index in [1.54, 1.807) is 0 Å². The van der Waals surface area contributed by atoms with E-state index >= 15 is 0 Å². The lowest BCUT2D eigenvalue weighted by Crippen LogP contribution is -2.30. The van der Waals surface area contributed by atoms with Crippen LogP contribution in [0.3, 0.4) is 0 Å². The molecule has 374 valence electrons. The van der Waals surface area contributed by atoms with Crippen molar-refractivity contribution in [3.8, 4) is 0 Å². The highest BCUT2D eigenvalue weighted by Crippen LogP contribution is 2.16. The monoisotopic (exact) mass is 897 g/mol. The van der Waals surface area contributed by atoms with Crippen LogP contribution in [-0.2, 0) is 23.8 Å². The van der Waals surface area contributed by atoms with Crippen molar-refractivity contribution in [1.82, 2.24) is 0 Å². The molecule has 5 heteroatoms. The molecule has 0 N–H and O–H groups in total. The molecule has 1 atom stereocenters. The van der Waals surface area contributed by atoms with Crippen LogP contribution in [0.4, 0.5) is 0 Å². The number of hydrogen-bond donors (Lipinski definition) is 0. The molecule has 0 aliphatic heterocycles. The van der Waals surface area contributed by atoms with Crippen LogP contribution < -0.4 is 0 Å². The summed E-state index contributed by atoms with van der Waals surface area (Å²) in [6.45, 7) is 7.71. The van der Waals surface area contributed by atoms with Crippen molar-refractivity contribution >= 4 is 11.9 Å². The van der Waals surface area contributed by atoms with Gasteiger partial charge in [-0.3, -0.25) is 9.59 Å². The van der Waals surface area contributed by atoms with Gasteiger partial charge in [0.2, 0.25) is 0 Å². The smallest absolute Gasteiger partial charge is 0.306 e. The second-order valence-electron chi connectivity index (χ2n) is 18.8. The van der Waals surface area contributed by atoms with Crippen LogP contribution in [0.25, 0.3) is 0 Å². The van der Waals surface area contributed by atoms with Crippen molar-refractivity contribution in [2.45, 2.75) is 297 Å². The zero-order valence-electron chi connectivity index (χ0n) is 43.1. The zero-order valence-corrected chi connectivity index (χ0v) is 43.1. The highest BCUT2D eigenvalue weighted by Gasteiger charge is 2.17. The number of carbonyl (C=O) groups excluding carboxylic acids is 2. The quantitative estimate of drug-likeness (QED) is 0.0346. The summed E-state index contributed by atoms with van der Waals surface area (Å²) in [5.41, 5.74) is 0. The van der Waals surface area contributed by atoms with E-state index in [4.69, 9.17) is 14.2 Å². The Morgan fingerprint density at radius 3 is 1.19 bits per heavy atom. The van der Waals surface area contributed by atoms with E-state index in [0.717, 1.165) is 70.6 Å². The molecular formula is C59H108O5. The number of unbranched alkanes of at least 4 members (excludes halogenated alkanes) is 33. The van der Waals surface area contributed by atoms with Crippen molar-refractivity contribution in [2.75, 3.05) is 19.8 Å². The lowest BCUT2D eigenvalue weighted by molar-refractivity contribution is -0.163. The van der Waals surface area contributed by atoms with Gasteiger partial charge in [0, 0.05) is 19.4 Å². The molecular weight excluding hydrogens is 789 g/mol. The van der Waals surface area contributed by atoms with Crippen molar-refractivity contribution < 1.29 is 23.8 Å². The average Bonchev–Trinajstić information content (AvgIpc) is 3.30. The lowest BCUT2D eigenvalue weighted by Gasteiger charge is -2.18. The van der Waals surface area contributed by atoms with Gasteiger partial charge in [0.05, 0.1) is 6.61 Å². The van der Waals surface area contributed by atoms with Crippen LogP contribution >= 0.6 is 0 Å². The molecule has 0 fully saturated rings. The maximum atomic E-state index is 12.8. The highest BCUT2D eigenvalue weighted by atomic mass is 16.6. The molecule has 0 bridgehead atoms. The van der Waals surface area contributed by atoms with Gasteiger partial charge in [-0.2, -0.15) is 0 Å². The fourth-order valence-electron chi connectivity index (χ4n) is 8.15. The van der Waals surface area contributed by atoms with Gasteiger partial charge in [-0.1, -0.05) is 256 Å². The summed E-state index contributed by atoms with van der Waals surface area (Å²) >= 11 is 0. The molecule has 0 radical (unpaired) electrons. The minimum atomic E-state index is -0.542. The van der Waals surface area contributed by atoms with Gasteiger partial charge in [0.15, 0.2) is 6.10 Å². The molecule has 0 spiro atoms. The topological polar surface area (TPSA) is 61.8 Å². The van der Waals surface area contributed by atoms with Gasteiger partial charge in [-0.05, 0) is 70.6 Å². The van der Waals surface area contributed by atoms with E-state index in [1.165, 1.54) is 186 Å². The first kappa shape index (κ1) is 61.9. The van der Waals surface area contributed by atoms with Crippen molar-refractivity contribution in [2.24, 2.45) is 0 Å². The Kier molecular flexibility index (Phi) is 53.3. The number of allylic oxidation sites excluding steroid dienone is 8. The van der Waals surface area contributed by atoms with E-state index in [1.807, 2.05) is 0 Å². The Morgan fingerprint density at radius 1 is 0.359 bits per heavy atom. The Labute approximate surface area is 399 Å². The second kappa shape index (κ2) is 55.2. The number of esters is 2. The van der Waals surface area contributed by atoms with Crippen LogP contribution in [0.1, 0.15) is 290 Å². The first-order valence-corrected chi connectivity index (χ1v) is 28.2. The van der Waals surface area contributed by atoms with Crippen molar-refractivity contribution in [1.29, 1.82) is 0 Å². The summed E-state index contributed by atoms with van der Waals surface area (Å²) in [5, 5.41) is 0. The normalized spacial score (nSPS) is 12.5. The van der Waals surface area contributed by atoms with E-state index in [9.17, 15) is 9.59 Å². The molecule has 0 aromatic heterocycles. The van der Waals surface area contributed by atoms with Crippen molar-refractivity contribution in [3.05, 3.63) is 48.6 Å². The molecule has 64 heavy (non-hydrogen) atoms. The van der Waals surface area contributed by atoms with Gasteiger partial charge >= 0.3 is 11.9 Å². The van der Waals surface area contributed by atoms with Crippen LogP contribution in [0, 0.1) is 0 Å². The largest absolute Gasteiger partial charge is 0.462 e. The van der Waals surface area contributed by atoms with Gasteiger partial charge < -0.3 is 14.2 Å². The summed E-state index contributed by atoms with van der Waals surface area (Å²) in [6, 6.07) is 0. The minimum absolute atomic E-state index is 0.0825. The van der Waals surface area contributed by atoms with Crippen LogP contribution in [-0.4, -0.2) is 37.9 Å². The predicted octanol–water partition coefficient (Wildman–Crippen LogP) is 19.1. The first-order chi connectivity index (χ1) is 31.6. The molecule has 0 saturated carbocycles. The van der Waals surface area contributed by atoms with E-state index in [-0.39, 0.29) is 25.2 Å². The Morgan fingerprint density at radius 2 is 0.719 bits per heavy atom.